The number of carbonyl (C=O) groups is 1. The van der Waals surface area contributed by atoms with E-state index in [0.717, 1.165) is 6.26 Å². The van der Waals surface area contributed by atoms with Crippen molar-refractivity contribution in [1.29, 1.82) is 0 Å². The standard InChI is InChI=1S/C8H12N2O5S2/c1-4-6(7(11)12)5(10-8(16)9-4)3-15-17(2,13)14/h5-6H,3H2,1-2H3,(H,10,16)(H,11,12). The summed E-state index contributed by atoms with van der Waals surface area (Å²) in [7, 11) is -3.62. The van der Waals surface area contributed by atoms with Crippen LogP contribution in [0.5, 0.6) is 0 Å². The van der Waals surface area contributed by atoms with Crippen LogP contribution >= 0.6 is 12.2 Å². The molecule has 0 aromatic heterocycles. The van der Waals surface area contributed by atoms with Crippen molar-refractivity contribution >= 4 is 39.1 Å². The van der Waals surface area contributed by atoms with Gasteiger partial charge in [0.2, 0.25) is 0 Å². The Morgan fingerprint density at radius 3 is 2.71 bits per heavy atom. The van der Waals surface area contributed by atoms with E-state index < -0.39 is 28.0 Å². The van der Waals surface area contributed by atoms with E-state index in [9.17, 15) is 13.2 Å². The van der Waals surface area contributed by atoms with E-state index in [0.29, 0.717) is 5.71 Å². The Bertz CT molecular complexity index is 470. The number of carboxylic acids is 1. The highest BCUT2D eigenvalue weighted by atomic mass is 32.2. The monoisotopic (exact) mass is 280 g/mol. The molecule has 1 rings (SSSR count). The predicted molar refractivity (Wildman–Crippen MR) is 64.6 cm³/mol. The zero-order valence-electron chi connectivity index (χ0n) is 9.21. The fraction of sp³-hybridized carbons (Fsp3) is 0.625. The molecular weight excluding hydrogens is 268 g/mol. The molecule has 0 saturated carbocycles. The quantitative estimate of drug-likeness (QED) is 0.522. The number of carboxylic acid groups (broad SMARTS) is 1. The minimum atomic E-state index is -3.62. The van der Waals surface area contributed by atoms with Crippen LogP contribution in [0.2, 0.25) is 0 Å². The molecule has 0 radical (unpaired) electrons. The fourth-order valence-corrected chi connectivity index (χ4v) is 2.17. The van der Waals surface area contributed by atoms with Gasteiger partial charge in [0.05, 0.1) is 18.9 Å². The first-order valence-corrected chi connectivity index (χ1v) is 6.86. The summed E-state index contributed by atoms with van der Waals surface area (Å²) in [6.07, 6.45) is 0.894. The van der Waals surface area contributed by atoms with E-state index in [4.69, 9.17) is 17.3 Å². The van der Waals surface area contributed by atoms with Crippen LogP contribution in [0.25, 0.3) is 0 Å². The molecule has 0 aromatic carbocycles. The van der Waals surface area contributed by atoms with Crippen molar-refractivity contribution in [2.75, 3.05) is 12.9 Å². The van der Waals surface area contributed by atoms with E-state index in [2.05, 4.69) is 14.5 Å². The molecule has 7 nitrogen and oxygen atoms in total. The van der Waals surface area contributed by atoms with Crippen LogP contribution < -0.4 is 5.32 Å². The Balaban J connectivity index is 2.86. The third-order valence-electron chi connectivity index (χ3n) is 2.17. The first-order chi connectivity index (χ1) is 7.70. The van der Waals surface area contributed by atoms with Gasteiger partial charge in [-0.15, -0.1) is 0 Å². The van der Waals surface area contributed by atoms with Gasteiger partial charge in [0.15, 0.2) is 5.11 Å². The highest BCUT2D eigenvalue weighted by molar-refractivity contribution is 7.86. The molecule has 9 heteroatoms. The molecule has 1 aliphatic rings. The summed E-state index contributed by atoms with van der Waals surface area (Å²) < 4.78 is 26.3. The maximum atomic E-state index is 11.0. The summed E-state index contributed by atoms with van der Waals surface area (Å²) in [4.78, 5) is 14.9. The number of aliphatic imine (C=N–C) groups is 1. The minimum Gasteiger partial charge on any atom is -0.481 e. The van der Waals surface area contributed by atoms with Gasteiger partial charge in [-0.25, -0.2) is 4.99 Å². The molecular formula is C8H12N2O5S2. The highest BCUT2D eigenvalue weighted by Crippen LogP contribution is 2.14. The van der Waals surface area contributed by atoms with Crippen LogP contribution in [0, 0.1) is 5.92 Å². The molecule has 0 amide bonds. The van der Waals surface area contributed by atoms with Crippen LogP contribution in [0.1, 0.15) is 6.92 Å². The zero-order valence-corrected chi connectivity index (χ0v) is 10.8. The lowest BCUT2D eigenvalue weighted by Crippen LogP contribution is -2.52. The van der Waals surface area contributed by atoms with E-state index in [1.54, 1.807) is 0 Å². The number of thiocarbonyl (C=S) groups is 1. The average molecular weight is 280 g/mol. The molecule has 1 aliphatic heterocycles. The van der Waals surface area contributed by atoms with Gasteiger partial charge >= 0.3 is 5.97 Å². The average Bonchev–Trinajstić information content (AvgIpc) is 2.11. The molecule has 0 aliphatic carbocycles. The van der Waals surface area contributed by atoms with Crippen molar-refractivity contribution in [2.24, 2.45) is 10.9 Å². The van der Waals surface area contributed by atoms with Crippen LogP contribution in [0.3, 0.4) is 0 Å². The van der Waals surface area contributed by atoms with Crippen LogP contribution in [-0.4, -0.2) is 49.2 Å². The van der Waals surface area contributed by atoms with Gasteiger partial charge < -0.3 is 10.4 Å². The normalized spacial score (nSPS) is 25.1. The van der Waals surface area contributed by atoms with Crippen molar-refractivity contribution in [2.45, 2.75) is 13.0 Å². The van der Waals surface area contributed by atoms with Gasteiger partial charge in [-0.05, 0) is 19.1 Å². The topological polar surface area (TPSA) is 105 Å². The summed E-state index contributed by atoms with van der Waals surface area (Å²) in [5.41, 5.74) is 0.323. The second-order valence-electron chi connectivity index (χ2n) is 3.61. The Hall–Kier alpha value is -1.06. The van der Waals surface area contributed by atoms with Gasteiger partial charge in [-0.2, -0.15) is 8.42 Å². The number of hydrogen-bond donors (Lipinski definition) is 2. The second-order valence-corrected chi connectivity index (χ2v) is 5.64. The summed E-state index contributed by atoms with van der Waals surface area (Å²) >= 11 is 4.81. The third kappa shape index (κ3) is 4.02. The molecule has 0 saturated heterocycles. The molecule has 0 fully saturated rings. The lowest BCUT2D eigenvalue weighted by atomic mass is 9.94. The Morgan fingerprint density at radius 1 is 1.65 bits per heavy atom. The number of aliphatic carboxylic acids is 1. The SMILES string of the molecule is CC1=NC(=S)NC(COS(C)(=O)=O)C1C(=O)O. The smallest absolute Gasteiger partial charge is 0.314 e. The van der Waals surface area contributed by atoms with Gasteiger partial charge in [0.1, 0.15) is 5.92 Å². The largest absolute Gasteiger partial charge is 0.481 e. The molecule has 2 N–H and O–H groups in total. The molecule has 2 atom stereocenters. The van der Waals surface area contributed by atoms with Crippen molar-refractivity contribution in [3.05, 3.63) is 0 Å². The number of nitrogens with one attached hydrogen (secondary N) is 1. The van der Waals surface area contributed by atoms with Gasteiger partial charge in [-0.3, -0.25) is 8.98 Å². The first kappa shape index (κ1) is 14.0. The summed E-state index contributed by atoms with van der Waals surface area (Å²) in [6.45, 7) is 1.22. The van der Waals surface area contributed by atoms with Crippen molar-refractivity contribution in [1.82, 2.24) is 5.32 Å². The van der Waals surface area contributed by atoms with Gasteiger partial charge in [0, 0.05) is 5.71 Å². The molecule has 2 unspecified atom stereocenters. The summed E-state index contributed by atoms with van der Waals surface area (Å²) in [5, 5.41) is 11.8. The van der Waals surface area contributed by atoms with Crippen molar-refractivity contribution in [3.63, 3.8) is 0 Å². The van der Waals surface area contributed by atoms with Gasteiger partial charge in [-0.1, -0.05) is 0 Å². The molecule has 0 aromatic rings. The molecule has 1 heterocycles. The number of hydrogen-bond acceptors (Lipinski definition) is 5. The fourth-order valence-electron chi connectivity index (χ4n) is 1.48. The highest BCUT2D eigenvalue weighted by Gasteiger charge is 2.35. The van der Waals surface area contributed by atoms with E-state index in [-0.39, 0.29) is 11.7 Å². The summed E-state index contributed by atoms with van der Waals surface area (Å²) in [6, 6.07) is -0.743. The molecule has 17 heavy (non-hydrogen) atoms. The van der Waals surface area contributed by atoms with Crippen molar-refractivity contribution < 1.29 is 22.5 Å². The second kappa shape index (κ2) is 5.07. The lowest BCUT2D eigenvalue weighted by Gasteiger charge is -2.28. The Morgan fingerprint density at radius 2 is 2.24 bits per heavy atom. The molecule has 96 valence electrons. The number of nitrogens with zero attached hydrogens (tertiary/aromatic N) is 1. The third-order valence-corrected chi connectivity index (χ3v) is 2.94. The van der Waals surface area contributed by atoms with Crippen LogP contribution in [0.15, 0.2) is 4.99 Å². The Kier molecular flexibility index (Phi) is 4.17. The minimum absolute atomic E-state index is 0.127. The maximum absolute atomic E-state index is 11.0. The van der Waals surface area contributed by atoms with E-state index in [1.165, 1.54) is 6.92 Å². The first-order valence-electron chi connectivity index (χ1n) is 4.63. The predicted octanol–water partition coefficient (Wildman–Crippen LogP) is -0.619. The summed E-state index contributed by atoms with van der Waals surface area (Å²) in [5.74, 6) is -2.06. The van der Waals surface area contributed by atoms with Gasteiger partial charge in [0.25, 0.3) is 10.1 Å². The lowest BCUT2D eigenvalue weighted by molar-refractivity contribution is -0.140. The van der Waals surface area contributed by atoms with Crippen molar-refractivity contribution in [3.8, 4) is 0 Å². The maximum Gasteiger partial charge on any atom is 0.314 e. The zero-order chi connectivity index (χ0) is 13.2. The number of rotatable bonds is 4. The van der Waals surface area contributed by atoms with Crippen LogP contribution in [-0.2, 0) is 19.1 Å². The molecule has 0 spiro atoms. The van der Waals surface area contributed by atoms with E-state index >= 15 is 0 Å². The van der Waals surface area contributed by atoms with E-state index in [1.807, 2.05) is 0 Å². The molecule has 0 bridgehead atoms. The van der Waals surface area contributed by atoms with Crippen LogP contribution in [0.4, 0.5) is 0 Å². The Labute approximate surface area is 104 Å².